The van der Waals surface area contributed by atoms with Crippen molar-refractivity contribution in [2.24, 2.45) is 0 Å². The van der Waals surface area contributed by atoms with E-state index in [4.69, 9.17) is 21.1 Å². The number of carbonyl (C=O) groups is 1. The Hall–Kier alpha value is -1.26. The molecule has 2 rings (SSSR count). The zero-order chi connectivity index (χ0) is 14.5. The molecule has 0 saturated carbocycles. The number of halogens is 1. The van der Waals surface area contributed by atoms with Gasteiger partial charge in [-0.1, -0.05) is 17.7 Å². The highest BCUT2D eigenvalue weighted by atomic mass is 35.5. The Morgan fingerprint density at radius 2 is 2.35 bits per heavy atom. The van der Waals surface area contributed by atoms with Crippen LogP contribution in [0.15, 0.2) is 24.3 Å². The van der Waals surface area contributed by atoms with Gasteiger partial charge in [-0.2, -0.15) is 0 Å². The van der Waals surface area contributed by atoms with Gasteiger partial charge in [-0.3, -0.25) is 0 Å². The molecule has 1 aliphatic rings. The quantitative estimate of drug-likeness (QED) is 0.848. The van der Waals surface area contributed by atoms with Crippen LogP contribution in [0, 0.1) is 0 Å². The van der Waals surface area contributed by atoms with Crippen LogP contribution in [0.4, 0.5) is 5.69 Å². The van der Waals surface area contributed by atoms with Crippen molar-refractivity contribution in [1.82, 2.24) is 0 Å². The third kappa shape index (κ3) is 3.87. The van der Waals surface area contributed by atoms with E-state index in [0.717, 1.165) is 18.5 Å². The monoisotopic (exact) mass is 297 g/mol. The molecule has 1 N–H and O–H groups in total. The minimum atomic E-state index is -0.502. The molecule has 0 amide bonds. The van der Waals surface area contributed by atoms with Gasteiger partial charge in [-0.25, -0.2) is 4.79 Å². The van der Waals surface area contributed by atoms with Crippen molar-refractivity contribution < 1.29 is 14.3 Å². The molecule has 1 aromatic carbocycles. The first-order chi connectivity index (χ1) is 9.60. The summed E-state index contributed by atoms with van der Waals surface area (Å²) in [6.45, 7) is 4.17. The van der Waals surface area contributed by atoms with Crippen molar-refractivity contribution in [3.8, 4) is 0 Å². The van der Waals surface area contributed by atoms with Crippen molar-refractivity contribution in [3.05, 3.63) is 29.3 Å². The Kier molecular flexibility index (Phi) is 5.26. The van der Waals surface area contributed by atoms with Crippen molar-refractivity contribution in [2.75, 3.05) is 11.9 Å². The van der Waals surface area contributed by atoms with Crippen molar-refractivity contribution in [1.29, 1.82) is 0 Å². The summed E-state index contributed by atoms with van der Waals surface area (Å²) in [5.41, 5.74) is 0.790. The van der Waals surface area contributed by atoms with Gasteiger partial charge in [0.05, 0.1) is 18.8 Å². The molecule has 0 spiro atoms. The number of ether oxygens (including phenoxy) is 2. The molecular formula is C15H20ClNO3. The summed E-state index contributed by atoms with van der Waals surface area (Å²) in [5, 5.41) is 3.81. The Balaban J connectivity index is 2.11. The molecule has 1 saturated heterocycles. The fourth-order valence-corrected chi connectivity index (χ4v) is 2.56. The number of nitrogens with one attached hydrogen (secondary N) is 1. The summed E-state index contributed by atoms with van der Waals surface area (Å²) in [7, 11) is 0. The molecule has 20 heavy (non-hydrogen) atoms. The minimum absolute atomic E-state index is 0.164. The third-order valence-corrected chi connectivity index (χ3v) is 3.56. The summed E-state index contributed by atoms with van der Waals surface area (Å²) in [5.74, 6) is -0.286. The summed E-state index contributed by atoms with van der Waals surface area (Å²) < 4.78 is 10.9. The van der Waals surface area contributed by atoms with E-state index in [2.05, 4.69) is 5.32 Å². The van der Waals surface area contributed by atoms with Crippen LogP contribution in [0.5, 0.6) is 0 Å². The van der Waals surface area contributed by atoms with E-state index in [1.54, 1.807) is 19.1 Å². The van der Waals surface area contributed by atoms with Gasteiger partial charge < -0.3 is 14.8 Å². The van der Waals surface area contributed by atoms with E-state index in [1.165, 1.54) is 0 Å². The maximum atomic E-state index is 12.1. The van der Waals surface area contributed by atoms with Gasteiger partial charge in [0, 0.05) is 10.7 Å². The fraction of sp³-hybridized carbons (Fsp3) is 0.533. The topological polar surface area (TPSA) is 47.6 Å². The smallest absolute Gasteiger partial charge is 0.331 e. The van der Waals surface area contributed by atoms with Crippen molar-refractivity contribution >= 4 is 23.3 Å². The van der Waals surface area contributed by atoms with Crippen LogP contribution in [0.1, 0.15) is 26.7 Å². The molecule has 0 radical (unpaired) electrons. The normalized spacial score (nSPS) is 23.4. The number of benzene rings is 1. The highest BCUT2D eigenvalue weighted by molar-refractivity contribution is 6.30. The van der Waals surface area contributed by atoms with Crippen LogP contribution >= 0.6 is 11.6 Å². The second kappa shape index (κ2) is 6.95. The third-order valence-electron chi connectivity index (χ3n) is 3.32. The molecule has 1 aliphatic heterocycles. The van der Waals surface area contributed by atoms with Crippen LogP contribution in [-0.2, 0) is 14.3 Å². The zero-order valence-electron chi connectivity index (χ0n) is 11.8. The largest absolute Gasteiger partial charge is 0.464 e. The molecule has 3 unspecified atom stereocenters. The van der Waals surface area contributed by atoms with Crippen LogP contribution in [0.25, 0.3) is 0 Å². The van der Waals surface area contributed by atoms with E-state index >= 15 is 0 Å². The van der Waals surface area contributed by atoms with Crippen molar-refractivity contribution in [3.63, 3.8) is 0 Å². The lowest BCUT2D eigenvalue weighted by Crippen LogP contribution is -2.42. The summed E-state index contributed by atoms with van der Waals surface area (Å²) in [6.07, 6.45) is 1.82. The zero-order valence-corrected chi connectivity index (χ0v) is 12.5. The number of anilines is 1. The van der Waals surface area contributed by atoms with Gasteiger partial charge in [0.25, 0.3) is 0 Å². The minimum Gasteiger partial charge on any atom is -0.464 e. The van der Waals surface area contributed by atoms with E-state index < -0.39 is 6.04 Å². The van der Waals surface area contributed by atoms with Crippen LogP contribution in [0.2, 0.25) is 5.02 Å². The second-order valence-electron chi connectivity index (χ2n) is 4.95. The number of carbonyl (C=O) groups excluding carboxylic acids is 1. The Morgan fingerprint density at radius 3 is 2.95 bits per heavy atom. The predicted molar refractivity (Wildman–Crippen MR) is 79.1 cm³/mol. The van der Waals surface area contributed by atoms with Crippen molar-refractivity contribution in [2.45, 2.75) is 44.9 Å². The maximum Gasteiger partial charge on any atom is 0.331 e. The fourth-order valence-electron chi connectivity index (χ4n) is 2.37. The Bertz CT molecular complexity index is 466. The van der Waals surface area contributed by atoms with Gasteiger partial charge in [-0.15, -0.1) is 0 Å². The predicted octanol–water partition coefficient (Wildman–Crippen LogP) is 3.25. The molecule has 3 atom stereocenters. The van der Waals surface area contributed by atoms with E-state index in [0.29, 0.717) is 11.6 Å². The number of rotatable bonds is 5. The van der Waals surface area contributed by atoms with E-state index in [-0.39, 0.29) is 18.2 Å². The van der Waals surface area contributed by atoms with Gasteiger partial charge in [0.2, 0.25) is 0 Å². The average Bonchev–Trinajstić information content (AvgIpc) is 2.83. The molecule has 4 nitrogen and oxygen atoms in total. The molecule has 0 bridgehead atoms. The summed E-state index contributed by atoms with van der Waals surface area (Å²) in [4.78, 5) is 12.1. The van der Waals surface area contributed by atoms with Crippen LogP contribution < -0.4 is 5.32 Å². The summed E-state index contributed by atoms with van der Waals surface area (Å²) >= 11 is 5.96. The van der Waals surface area contributed by atoms with Gasteiger partial charge in [-0.05, 0) is 44.9 Å². The highest BCUT2D eigenvalue weighted by Gasteiger charge is 2.35. The van der Waals surface area contributed by atoms with E-state index in [9.17, 15) is 4.79 Å². The first kappa shape index (κ1) is 15.1. The first-order valence-corrected chi connectivity index (χ1v) is 7.32. The average molecular weight is 298 g/mol. The number of hydrogen-bond donors (Lipinski definition) is 1. The molecule has 5 heteroatoms. The lowest BCUT2D eigenvalue weighted by atomic mass is 10.1. The Labute approximate surface area is 124 Å². The van der Waals surface area contributed by atoms with Gasteiger partial charge >= 0.3 is 5.97 Å². The standard InChI is InChI=1S/C15H20ClNO3/c1-3-19-15(18)14(13-8-7-10(2)20-13)17-12-6-4-5-11(16)9-12/h4-6,9-10,13-14,17H,3,7-8H2,1-2H3. The molecule has 1 aromatic rings. The maximum absolute atomic E-state index is 12.1. The first-order valence-electron chi connectivity index (χ1n) is 6.94. The molecule has 0 aliphatic carbocycles. The lowest BCUT2D eigenvalue weighted by molar-refractivity contribution is -0.147. The van der Waals surface area contributed by atoms with E-state index in [1.807, 2.05) is 19.1 Å². The lowest BCUT2D eigenvalue weighted by Gasteiger charge is -2.24. The summed E-state index contributed by atoms with van der Waals surface area (Å²) in [6, 6.07) is 6.78. The molecule has 0 aromatic heterocycles. The molecule has 110 valence electrons. The molecule has 1 fully saturated rings. The van der Waals surface area contributed by atoms with Crippen LogP contribution in [-0.4, -0.2) is 30.8 Å². The second-order valence-corrected chi connectivity index (χ2v) is 5.38. The molecule has 1 heterocycles. The number of hydrogen-bond acceptors (Lipinski definition) is 4. The Morgan fingerprint density at radius 1 is 1.55 bits per heavy atom. The van der Waals surface area contributed by atoms with Crippen LogP contribution in [0.3, 0.4) is 0 Å². The van der Waals surface area contributed by atoms with Gasteiger partial charge in [0.15, 0.2) is 6.04 Å². The van der Waals surface area contributed by atoms with Gasteiger partial charge in [0.1, 0.15) is 0 Å². The number of esters is 1. The highest BCUT2D eigenvalue weighted by Crippen LogP contribution is 2.25. The molecular weight excluding hydrogens is 278 g/mol. The SMILES string of the molecule is CCOC(=O)C(Nc1cccc(Cl)c1)C1CCC(C)O1.